The molecule has 432 valence electrons. The Kier molecular flexibility index (Phi) is 58.2. The van der Waals surface area contributed by atoms with Crippen molar-refractivity contribution in [1.82, 2.24) is 0 Å². The fourth-order valence-electron chi connectivity index (χ4n) is 7.23. The van der Waals surface area contributed by atoms with Gasteiger partial charge in [-0.15, -0.1) is 0 Å². The molecule has 0 rings (SSSR count). The third kappa shape index (κ3) is 56.6. The van der Waals surface area contributed by atoms with E-state index in [1.54, 1.807) is 0 Å². The SMILES string of the molecule is CCCCC/C=C\C/C=C\CCCCCCCC(=O)OCC(COC(=O)CCOCCOCCOCCOCCOCCOCCN=[N+]=[N-])COC(=O)CCC(OCCCCCCCC)OCCCCCCCC. The first-order chi connectivity index (χ1) is 36.5. The average Bonchev–Trinajstić information content (AvgIpc) is 3.40. The average molecular weight is 1060 g/mol. The van der Waals surface area contributed by atoms with Crippen molar-refractivity contribution in [3.8, 4) is 0 Å². The molecule has 0 saturated carbocycles. The van der Waals surface area contributed by atoms with Gasteiger partial charge in [0, 0.05) is 37.5 Å². The first-order valence-electron chi connectivity index (χ1n) is 28.9. The molecule has 0 aromatic carbocycles. The molecule has 0 spiro atoms. The van der Waals surface area contributed by atoms with Crippen LogP contribution in [0.1, 0.15) is 194 Å². The standard InChI is InChI=1S/C57H105N3O14/c1-4-7-10-13-16-17-18-19-20-21-22-23-24-25-28-31-54(61)72-50-53(51-73-55(62)32-33-57(70-36-29-26-14-11-8-5-2)71-37-30-27-15-12-9-6-3)52-74-56(63)34-38-64-40-42-66-44-46-68-48-49-69-47-45-67-43-41-65-39-35-59-60-58/h16-17,19-20,53,57H,4-15,18,21-52H2,1-3H3/b17-16-,20-19-. The van der Waals surface area contributed by atoms with Gasteiger partial charge in [-0.1, -0.05) is 147 Å². The summed E-state index contributed by atoms with van der Waals surface area (Å²) in [5, 5.41) is 3.39. The maximum Gasteiger partial charge on any atom is 0.308 e. The Balaban J connectivity index is 4.72. The molecular formula is C57H105N3O14. The van der Waals surface area contributed by atoms with Crippen molar-refractivity contribution < 1.29 is 66.5 Å². The lowest BCUT2D eigenvalue weighted by molar-refractivity contribution is -0.162. The number of carbonyl (C=O) groups excluding carboxylic acids is 3. The molecule has 0 amide bonds. The van der Waals surface area contributed by atoms with Crippen LogP contribution >= 0.6 is 0 Å². The van der Waals surface area contributed by atoms with E-state index in [0.717, 1.165) is 70.6 Å². The van der Waals surface area contributed by atoms with Crippen LogP contribution in [0, 0.1) is 5.92 Å². The number of unbranched alkanes of at least 4 members (excludes halogenated alkanes) is 18. The van der Waals surface area contributed by atoms with Gasteiger partial charge in [0.1, 0.15) is 19.8 Å². The van der Waals surface area contributed by atoms with Gasteiger partial charge < -0.3 is 52.1 Å². The van der Waals surface area contributed by atoms with Crippen LogP contribution in [0.4, 0.5) is 0 Å². The van der Waals surface area contributed by atoms with E-state index in [-0.39, 0.29) is 45.2 Å². The zero-order valence-electron chi connectivity index (χ0n) is 46.8. The number of azide groups is 1. The van der Waals surface area contributed by atoms with Gasteiger partial charge in [-0.3, -0.25) is 14.4 Å². The van der Waals surface area contributed by atoms with Crippen molar-refractivity contribution in [2.45, 2.75) is 200 Å². The summed E-state index contributed by atoms with van der Waals surface area (Å²) in [5.41, 5.74) is 8.22. The molecular weight excluding hydrogens is 951 g/mol. The Labute approximate surface area is 448 Å². The molecule has 0 aliphatic rings. The molecule has 17 heteroatoms. The smallest absolute Gasteiger partial charge is 0.308 e. The van der Waals surface area contributed by atoms with Gasteiger partial charge in [0.05, 0.1) is 98.0 Å². The Bertz CT molecular complexity index is 1320. The minimum atomic E-state index is -0.531. The molecule has 17 nitrogen and oxygen atoms in total. The van der Waals surface area contributed by atoms with Crippen molar-refractivity contribution >= 4 is 17.9 Å². The summed E-state index contributed by atoms with van der Waals surface area (Å²) >= 11 is 0. The summed E-state index contributed by atoms with van der Waals surface area (Å²) in [6.45, 7) is 12.5. The molecule has 0 N–H and O–H groups in total. The van der Waals surface area contributed by atoms with E-state index in [1.165, 1.54) is 77.0 Å². The highest BCUT2D eigenvalue weighted by Gasteiger charge is 2.19. The summed E-state index contributed by atoms with van der Waals surface area (Å²) in [7, 11) is 0. The predicted molar refractivity (Wildman–Crippen MR) is 291 cm³/mol. The molecule has 0 radical (unpaired) electrons. The van der Waals surface area contributed by atoms with Crippen molar-refractivity contribution in [2.75, 3.05) is 119 Å². The third-order valence-electron chi connectivity index (χ3n) is 11.7. The number of hydrogen-bond donors (Lipinski definition) is 0. The highest BCUT2D eigenvalue weighted by Crippen LogP contribution is 2.14. The number of rotatable bonds is 60. The molecule has 0 aliphatic heterocycles. The summed E-state index contributed by atoms with van der Waals surface area (Å²) in [5.74, 6) is -1.73. The molecule has 0 fully saturated rings. The lowest BCUT2D eigenvalue weighted by atomic mass is 10.1. The van der Waals surface area contributed by atoms with E-state index in [2.05, 4.69) is 55.1 Å². The van der Waals surface area contributed by atoms with Gasteiger partial charge in [-0.25, -0.2) is 0 Å². The van der Waals surface area contributed by atoms with Gasteiger partial charge in [0.2, 0.25) is 0 Å². The van der Waals surface area contributed by atoms with Crippen LogP contribution < -0.4 is 0 Å². The largest absolute Gasteiger partial charge is 0.465 e. The van der Waals surface area contributed by atoms with E-state index >= 15 is 0 Å². The number of allylic oxidation sites excluding steroid dienone is 4. The third-order valence-corrected chi connectivity index (χ3v) is 11.7. The van der Waals surface area contributed by atoms with Gasteiger partial charge >= 0.3 is 17.9 Å². The van der Waals surface area contributed by atoms with Crippen LogP contribution in [0.3, 0.4) is 0 Å². The van der Waals surface area contributed by atoms with Gasteiger partial charge in [0.25, 0.3) is 0 Å². The molecule has 0 heterocycles. The Morgan fingerprint density at radius 1 is 0.419 bits per heavy atom. The monoisotopic (exact) mass is 1060 g/mol. The second-order valence-electron chi connectivity index (χ2n) is 18.5. The molecule has 0 aliphatic carbocycles. The number of nitrogens with zero attached hydrogens (tertiary/aromatic N) is 3. The first-order valence-corrected chi connectivity index (χ1v) is 28.9. The molecule has 74 heavy (non-hydrogen) atoms. The minimum absolute atomic E-state index is 0.0266. The fraction of sp³-hybridized carbons (Fsp3) is 0.877. The summed E-state index contributed by atoms with van der Waals surface area (Å²) in [6.07, 6.45) is 35.3. The highest BCUT2D eigenvalue weighted by atomic mass is 16.7. The van der Waals surface area contributed by atoms with E-state index in [4.69, 9.17) is 57.6 Å². The molecule has 1 atom stereocenters. The second-order valence-corrected chi connectivity index (χ2v) is 18.5. The van der Waals surface area contributed by atoms with Crippen LogP contribution in [-0.2, 0) is 66.5 Å². The fourth-order valence-corrected chi connectivity index (χ4v) is 7.23. The maximum atomic E-state index is 13.1. The van der Waals surface area contributed by atoms with Crippen molar-refractivity contribution in [2.24, 2.45) is 11.0 Å². The molecule has 1 unspecified atom stereocenters. The quantitative estimate of drug-likeness (QED) is 0.00813. The molecule has 0 saturated heterocycles. The number of hydrogen-bond acceptors (Lipinski definition) is 15. The van der Waals surface area contributed by atoms with Crippen LogP contribution in [0.5, 0.6) is 0 Å². The van der Waals surface area contributed by atoms with E-state index in [0.29, 0.717) is 105 Å². The normalized spacial score (nSPS) is 12.0. The molecule has 0 bridgehead atoms. The summed E-state index contributed by atoms with van der Waals surface area (Å²) in [6, 6.07) is 0. The topological polar surface area (TPSA) is 202 Å². The zero-order valence-corrected chi connectivity index (χ0v) is 46.8. The van der Waals surface area contributed by atoms with E-state index < -0.39 is 24.1 Å². The Morgan fingerprint density at radius 2 is 0.797 bits per heavy atom. The predicted octanol–water partition coefficient (Wildman–Crippen LogP) is 12.7. The van der Waals surface area contributed by atoms with Crippen LogP contribution in [0.25, 0.3) is 10.4 Å². The molecule has 0 aromatic rings. The van der Waals surface area contributed by atoms with Crippen LogP contribution in [-0.4, -0.2) is 143 Å². The lowest BCUT2D eigenvalue weighted by Gasteiger charge is -2.20. The number of esters is 3. The number of carbonyl (C=O) groups is 3. The Morgan fingerprint density at radius 3 is 1.28 bits per heavy atom. The van der Waals surface area contributed by atoms with Crippen LogP contribution in [0.2, 0.25) is 0 Å². The van der Waals surface area contributed by atoms with E-state index in [1.807, 2.05) is 0 Å². The summed E-state index contributed by atoms with van der Waals surface area (Å²) < 4.78 is 61.8. The van der Waals surface area contributed by atoms with Crippen LogP contribution in [0.15, 0.2) is 29.4 Å². The van der Waals surface area contributed by atoms with E-state index in [9.17, 15) is 14.4 Å². The maximum absolute atomic E-state index is 13.1. The first kappa shape index (κ1) is 70.9. The molecule has 0 aromatic heterocycles. The summed E-state index contributed by atoms with van der Waals surface area (Å²) in [4.78, 5) is 41.2. The lowest BCUT2D eigenvalue weighted by Crippen LogP contribution is -2.27. The second kappa shape index (κ2) is 60.7. The van der Waals surface area contributed by atoms with Crippen molar-refractivity contribution in [1.29, 1.82) is 0 Å². The Hall–Kier alpha value is -3.12. The minimum Gasteiger partial charge on any atom is -0.465 e. The van der Waals surface area contributed by atoms with Gasteiger partial charge in [-0.2, -0.15) is 0 Å². The highest BCUT2D eigenvalue weighted by molar-refractivity contribution is 5.70. The van der Waals surface area contributed by atoms with Gasteiger partial charge in [0.15, 0.2) is 6.29 Å². The van der Waals surface area contributed by atoms with Crippen molar-refractivity contribution in [3.05, 3.63) is 34.7 Å². The van der Waals surface area contributed by atoms with Crippen molar-refractivity contribution in [3.63, 3.8) is 0 Å². The zero-order chi connectivity index (χ0) is 53.7. The van der Waals surface area contributed by atoms with Gasteiger partial charge in [-0.05, 0) is 56.9 Å². The number of ether oxygens (including phenoxy) is 11.